The molecule has 0 radical (unpaired) electrons. The fourth-order valence-corrected chi connectivity index (χ4v) is 1.53. The first-order valence-corrected chi connectivity index (χ1v) is 4.95. The molecule has 0 amide bonds. The van der Waals surface area contributed by atoms with Gasteiger partial charge >= 0.3 is 0 Å². The number of H-pyrrole nitrogens is 1. The number of nitrogens with one attached hydrogen (secondary N) is 1. The van der Waals surface area contributed by atoms with Crippen molar-refractivity contribution in [3.05, 3.63) is 58.3 Å². The Morgan fingerprint density at radius 2 is 2.12 bits per heavy atom. The normalized spacial score (nSPS) is 10.1. The van der Waals surface area contributed by atoms with Crippen LogP contribution in [0.2, 0.25) is 0 Å². The number of aromatic amines is 1. The van der Waals surface area contributed by atoms with E-state index < -0.39 is 0 Å². The number of hydrogen-bond donors (Lipinski definition) is 1. The monoisotopic (exact) mass is 216 g/mol. The van der Waals surface area contributed by atoms with Crippen LogP contribution in [0.15, 0.2) is 41.3 Å². The minimum absolute atomic E-state index is 0.139. The van der Waals surface area contributed by atoms with Crippen LogP contribution in [-0.2, 0) is 6.42 Å². The van der Waals surface area contributed by atoms with Crippen molar-refractivity contribution in [2.45, 2.75) is 6.42 Å². The molecule has 0 atom stereocenters. The van der Waals surface area contributed by atoms with Crippen LogP contribution >= 0.6 is 0 Å². The SMILES string of the molecule is COc1ccccc1Cc1nccc(=O)[nH]1. The summed E-state index contributed by atoms with van der Waals surface area (Å²) in [5, 5.41) is 0. The van der Waals surface area contributed by atoms with Gasteiger partial charge in [-0.15, -0.1) is 0 Å². The molecule has 0 aliphatic carbocycles. The van der Waals surface area contributed by atoms with Crippen molar-refractivity contribution in [3.63, 3.8) is 0 Å². The molecule has 16 heavy (non-hydrogen) atoms. The second-order valence-electron chi connectivity index (χ2n) is 3.37. The smallest absolute Gasteiger partial charge is 0.250 e. The van der Waals surface area contributed by atoms with Gasteiger partial charge in [0.1, 0.15) is 11.6 Å². The van der Waals surface area contributed by atoms with Crippen molar-refractivity contribution in [3.8, 4) is 5.75 Å². The van der Waals surface area contributed by atoms with Gasteiger partial charge in [-0.1, -0.05) is 18.2 Å². The summed E-state index contributed by atoms with van der Waals surface area (Å²) in [5.41, 5.74) is 0.860. The van der Waals surface area contributed by atoms with E-state index in [1.165, 1.54) is 12.3 Å². The minimum Gasteiger partial charge on any atom is -0.496 e. The second-order valence-corrected chi connectivity index (χ2v) is 3.37. The van der Waals surface area contributed by atoms with E-state index in [4.69, 9.17) is 4.74 Å². The van der Waals surface area contributed by atoms with Crippen LogP contribution in [0, 0.1) is 0 Å². The number of ether oxygens (including phenoxy) is 1. The standard InChI is InChI=1S/C12H12N2O2/c1-16-10-5-3-2-4-9(10)8-11-13-7-6-12(15)14-11/h2-7H,8H2,1H3,(H,13,14,15). The van der Waals surface area contributed by atoms with E-state index in [-0.39, 0.29) is 5.56 Å². The molecule has 0 aliphatic rings. The zero-order valence-electron chi connectivity index (χ0n) is 8.93. The molecular weight excluding hydrogens is 204 g/mol. The third-order valence-electron chi connectivity index (χ3n) is 2.27. The van der Waals surface area contributed by atoms with E-state index in [1.807, 2.05) is 24.3 Å². The summed E-state index contributed by atoms with van der Waals surface area (Å²) >= 11 is 0. The molecule has 2 rings (SSSR count). The van der Waals surface area contributed by atoms with Crippen molar-refractivity contribution >= 4 is 0 Å². The molecule has 4 heteroatoms. The number of hydrogen-bond acceptors (Lipinski definition) is 3. The molecule has 0 saturated heterocycles. The summed E-state index contributed by atoms with van der Waals surface area (Å²) in [6, 6.07) is 9.07. The predicted molar refractivity (Wildman–Crippen MR) is 60.7 cm³/mol. The number of para-hydroxylation sites is 1. The molecule has 1 aromatic carbocycles. The Morgan fingerprint density at radius 3 is 2.88 bits per heavy atom. The molecule has 4 nitrogen and oxygen atoms in total. The molecule has 2 aromatic rings. The van der Waals surface area contributed by atoms with Gasteiger partial charge in [0.2, 0.25) is 0 Å². The Kier molecular flexibility index (Phi) is 3.00. The fourth-order valence-electron chi connectivity index (χ4n) is 1.53. The largest absolute Gasteiger partial charge is 0.496 e. The van der Waals surface area contributed by atoms with Crippen molar-refractivity contribution in [2.24, 2.45) is 0 Å². The maximum atomic E-state index is 11.1. The van der Waals surface area contributed by atoms with Gasteiger partial charge in [0, 0.05) is 24.2 Å². The van der Waals surface area contributed by atoms with Crippen LogP contribution in [0.25, 0.3) is 0 Å². The van der Waals surface area contributed by atoms with Crippen molar-refractivity contribution in [1.82, 2.24) is 9.97 Å². The van der Waals surface area contributed by atoms with Gasteiger partial charge in [-0.05, 0) is 6.07 Å². The summed E-state index contributed by atoms with van der Waals surface area (Å²) in [6.07, 6.45) is 2.06. The average Bonchev–Trinajstić information content (AvgIpc) is 2.30. The lowest BCUT2D eigenvalue weighted by molar-refractivity contribution is 0.410. The van der Waals surface area contributed by atoms with E-state index >= 15 is 0 Å². The third kappa shape index (κ3) is 2.28. The lowest BCUT2D eigenvalue weighted by Gasteiger charge is -2.06. The van der Waals surface area contributed by atoms with Gasteiger partial charge in [0.25, 0.3) is 5.56 Å². The Morgan fingerprint density at radius 1 is 1.31 bits per heavy atom. The molecule has 0 unspecified atom stereocenters. The van der Waals surface area contributed by atoms with Crippen molar-refractivity contribution in [1.29, 1.82) is 0 Å². The first-order chi connectivity index (χ1) is 7.79. The second kappa shape index (κ2) is 4.61. The van der Waals surface area contributed by atoms with E-state index in [9.17, 15) is 4.79 Å². The van der Waals surface area contributed by atoms with Crippen LogP contribution in [0.1, 0.15) is 11.4 Å². The highest BCUT2D eigenvalue weighted by molar-refractivity contribution is 5.35. The zero-order chi connectivity index (χ0) is 11.4. The molecule has 0 bridgehead atoms. The molecule has 0 fully saturated rings. The van der Waals surface area contributed by atoms with Gasteiger partial charge in [-0.25, -0.2) is 4.98 Å². The van der Waals surface area contributed by atoms with Crippen molar-refractivity contribution < 1.29 is 4.74 Å². The molecule has 0 aliphatic heterocycles. The van der Waals surface area contributed by atoms with Gasteiger partial charge < -0.3 is 9.72 Å². The first kappa shape index (κ1) is 10.4. The van der Waals surface area contributed by atoms with Gasteiger partial charge in [-0.3, -0.25) is 4.79 Å². The maximum Gasteiger partial charge on any atom is 0.250 e. The predicted octanol–water partition coefficient (Wildman–Crippen LogP) is 1.37. The third-order valence-corrected chi connectivity index (χ3v) is 2.27. The highest BCUT2D eigenvalue weighted by Gasteiger charge is 2.04. The summed E-state index contributed by atoms with van der Waals surface area (Å²) in [4.78, 5) is 17.9. The zero-order valence-corrected chi connectivity index (χ0v) is 8.93. The van der Waals surface area contributed by atoms with E-state index in [2.05, 4.69) is 9.97 Å². The van der Waals surface area contributed by atoms with E-state index in [0.717, 1.165) is 11.3 Å². The number of rotatable bonds is 3. The molecule has 0 saturated carbocycles. The summed E-state index contributed by atoms with van der Waals surface area (Å²) in [6.45, 7) is 0. The van der Waals surface area contributed by atoms with Crippen LogP contribution < -0.4 is 10.3 Å². The minimum atomic E-state index is -0.139. The Hall–Kier alpha value is -2.10. The first-order valence-electron chi connectivity index (χ1n) is 4.95. The Bertz CT molecular complexity index is 534. The van der Waals surface area contributed by atoms with Crippen molar-refractivity contribution in [2.75, 3.05) is 7.11 Å². The number of benzene rings is 1. The van der Waals surface area contributed by atoms with Crippen LogP contribution in [0.5, 0.6) is 5.75 Å². The van der Waals surface area contributed by atoms with Gasteiger partial charge in [0.05, 0.1) is 7.11 Å². The Labute approximate surface area is 92.9 Å². The molecule has 82 valence electrons. The highest BCUT2D eigenvalue weighted by Crippen LogP contribution is 2.18. The van der Waals surface area contributed by atoms with Crippen LogP contribution in [0.3, 0.4) is 0 Å². The van der Waals surface area contributed by atoms with Gasteiger partial charge in [0.15, 0.2) is 0 Å². The summed E-state index contributed by atoms with van der Waals surface area (Å²) in [7, 11) is 1.62. The molecular formula is C12H12N2O2. The summed E-state index contributed by atoms with van der Waals surface area (Å²) < 4.78 is 5.23. The van der Waals surface area contributed by atoms with E-state index in [0.29, 0.717) is 12.2 Å². The maximum absolute atomic E-state index is 11.1. The van der Waals surface area contributed by atoms with Crippen LogP contribution in [0.4, 0.5) is 0 Å². The molecule has 1 heterocycles. The average molecular weight is 216 g/mol. The number of nitrogens with zero attached hydrogens (tertiary/aromatic N) is 1. The number of aromatic nitrogens is 2. The lowest BCUT2D eigenvalue weighted by atomic mass is 10.1. The van der Waals surface area contributed by atoms with Gasteiger partial charge in [-0.2, -0.15) is 0 Å². The topological polar surface area (TPSA) is 55.0 Å². The highest BCUT2D eigenvalue weighted by atomic mass is 16.5. The molecule has 1 N–H and O–H groups in total. The number of methoxy groups -OCH3 is 1. The quantitative estimate of drug-likeness (QED) is 0.843. The van der Waals surface area contributed by atoms with E-state index in [1.54, 1.807) is 7.11 Å². The summed E-state index contributed by atoms with van der Waals surface area (Å²) in [5.74, 6) is 1.44. The molecule has 0 spiro atoms. The fraction of sp³-hybridized carbons (Fsp3) is 0.167. The van der Waals surface area contributed by atoms with Crippen LogP contribution in [-0.4, -0.2) is 17.1 Å². The lowest BCUT2D eigenvalue weighted by Crippen LogP contribution is -2.09. The molecule has 1 aromatic heterocycles. The Balaban J connectivity index is 2.30.